The Labute approximate surface area is 138 Å². The molecule has 1 fully saturated rings. The number of hydrogen-bond donors (Lipinski definition) is 1. The lowest BCUT2D eigenvalue weighted by molar-refractivity contribution is -0.135. The largest absolute Gasteiger partial charge is 0.401 e. The third-order valence-electron chi connectivity index (χ3n) is 3.86. The number of carbonyl (C=O) groups is 1. The molecule has 0 spiro atoms. The molecule has 0 aliphatic carbocycles. The van der Waals surface area contributed by atoms with Crippen LogP contribution >= 0.6 is 11.3 Å². The first-order chi connectivity index (χ1) is 10.8. The van der Waals surface area contributed by atoms with Crippen LogP contribution in [0, 0.1) is 0 Å². The van der Waals surface area contributed by atoms with Gasteiger partial charge in [-0.1, -0.05) is 13.8 Å². The molecule has 1 atom stereocenters. The summed E-state index contributed by atoms with van der Waals surface area (Å²) in [5.74, 6) is 0.278. The summed E-state index contributed by atoms with van der Waals surface area (Å²) in [5, 5.41) is 5.24. The molecule has 0 radical (unpaired) electrons. The van der Waals surface area contributed by atoms with Crippen LogP contribution in [0.15, 0.2) is 5.38 Å². The average molecular weight is 349 g/mol. The van der Waals surface area contributed by atoms with Crippen LogP contribution < -0.4 is 5.32 Å². The Morgan fingerprint density at radius 3 is 2.87 bits per heavy atom. The number of nitrogens with one attached hydrogen (secondary N) is 1. The molecule has 1 N–H and O–H groups in total. The SMILES string of the molecule is CC(C)c1csc([C@@H]2CCCN(C(=O)CNCC(F)(F)F)C2)n1. The number of alkyl halides is 3. The van der Waals surface area contributed by atoms with E-state index in [1.165, 1.54) is 0 Å². The van der Waals surface area contributed by atoms with Gasteiger partial charge < -0.3 is 10.2 Å². The zero-order valence-corrected chi connectivity index (χ0v) is 14.1. The number of likely N-dealkylation sites (tertiary alicyclic amines) is 1. The molecule has 1 aromatic rings. The van der Waals surface area contributed by atoms with Crippen LogP contribution in [0.3, 0.4) is 0 Å². The molecular weight excluding hydrogens is 327 g/mol. The van der Waals surface area contributed by atoms with E-state index < -0.39 is 12.7 Å². The molecule has 0 aromatic carbocycles. The van der Waals surface area contributed by atoms with Gasteiger partial charge in [0, 0.05) is 24.4 Å². The fraction of sp³-hybridized carbons (Fsp3) is 0.733. The lowest BCUT2D eigenvalue weighted by Gasteiger charge is -2.32. The Morgan fingerprint density at radius 1 is 1.52 bits per heavy atom. The van der Waals surface area contributed by atoms with Crippen molar-refractivity contribution in [2.45, 2.75) is 44.7 Å². The van der Waals surface area contributed by atoms with Crippen LogP contribution in [0.4, 0.5) is 13.2 Å². The second-order valence-corrected chi connectivity index (χ2v) is 7.05. The van der Waals surface area contributed by atoms with E-state index >= 15 is 0 Å². The first-order valence-electron chi connectivity index (χ1n) is 7.77. The molecule has 4 nitrogen and oxygen atoms in total. The molecule has 8 heteroatoms. The van der Waals surface area contributed by atoms with E-state index in [2.05, 4.69) is 24.1 Å². The van der Waals surface area contributed by atoms with Crippen molar-refractivity contribution < 1.29 is 18.0 Å². The summed E-state index contributed by atoms with van der Waals surface area (Å²) < 4.78 is 36.3. The Bertz CT molecular complexity index is 530. The maximum atomic E-state index is 12.1. The summed E-state index contributed by atoms with van der Waals surface area (Å²) >= 11 is 1.61. The molecule has 130 valence electrons. The number of hydrogen-bond acceptors (Lipinski definition) is 4. The van der Waals surface area contributed by atoms with Gasteiger partial charge in [0.2, 0.25) is 5.91 Å². The summed E-state index contributed by atoms with van der Waals surface area (Å²) in [6.07, 6.45) is -2.48. The first-order valence-corrected chi connectivity index (χ1v) is 8.65. The zero-order valence-electron chi connectivity index (χ0n) is 13.3. The van der Waals surface area contributed by atoms with Gasteiger partial charge in [-0.05, 0) is 18.8 Å². The molecule has 23 heavy (non-hydrogen) atoms. The van der Waals surface area contributed by atoms with Crippen LogP contribution in [-0.4, -0.2) is 48.1 Å². The summed E-state index contributed by atoms with van der Waals surface area (Å²) in [7, 11) is 0. The number of piperidine rings is 1. The molecule has 1 aliphatic rings. The van der Waals surface area contributed by atoms with Gasteiger partial charge in [-0.25, -0.2) is 4.98 Å². The predicted octanol–water partition coefficient (Wildman–Crippen LogP) is 3.12. The van der Waals surface area contributed by atoms with Gasteiger partial charge in [-0.15, -0.1) is 11.3 Å². The van der Waals surface area contributed by atoms with Gasteiger partial charge in [0.25, 0.3) is 0 Å². The van der Waals surface area contributed by atoms with Crippen LogP contribution in [0.1, 0.15) is 49.2 Å². The number of nitrogens with zero attached hydrogens (tertiary/aromatic N) is 2. The van der Waals surface area contributed by atoms with Crippen molar-refractivity contribution in [2.75, 3.05) is 26.2 Å². The zero-order chi connectivity index (χ0) is 17.0. The number of carbonyl (C=O) groups excluding carboxylic acids is 1. The highest BCUT2D eigenvalue weighted by atomic mass is 32.1. The van der Waals surface area contributed by atoms with E-state index in [0.717, 1.165) is 23.5 Å². The molecule has 0 saturated carbocycles. The maximum Gasteiger partial charge on any atom is 0.401 e. The van der Waals surface area contributed by atoms with E-state index in [1.54, 1.807) is 16.2 Å². The van der Waals surface area contributed by atoms with Gasteiger partial charge >= 0.3 is 6.18 Å². The van der Waals surface area contributed by atoms with Crippen LogP contribution in [-0.2, 0) is 4.79 Å². The van der Waals surface area contributed by atoms with Gasteiger partial charge in [-0.2, -0.15) is 13.2 Å². The fourth-order valence-electron chi connectivity index (χ4n) is 2.58. The molecule has 1 saturated heterocycles. The molecule has 2 heterocycles. The fourth-order valence-corrected chi connectivity index (χ4v) is 3.69. The summed E-state index contributed by atoms with van der Waals surface area (Å²) in [5.41, 5.74) is 1.06. The molecule has 1 aliphatic heterocycles. The molecule has 1 amide bonds. The second-order valence-electron chi connectivity index (χ2n) is 6.16. The van der Waals surface area contributed by atoms with E-state index in [1.807, 2.05) is 5.38 Å². The lowest BCUT2D eigenvalue weighted by Crippen LogP contribution is -2.44. The highest BCUT2D eigenvalue weighted by Gasteiger charge is 2.29. The van der Waals surface area contributed by atoms with Crippen molar-refractivity contribution in [3.8, 4) is 0 Å². The minimum Gasteiger partial charge on any atom is -0.341 e. The van der Waals surface area contributed by atoms with Crippen molar-refractivity contribution in [3.63, 3.8) is 0 Å². The lowest BCUT2D eigenvalue weighted by atomic mass is 9.98. The van der Waals surface area contributed by atoms with E-state index in [-0.39, 0.29) is 18.4 Å². The number of rotatable bonds is 5. The Hall–Kier alpha value is -1.15. The van der Waals surface area contributed by atoms with Gasteiger partial charge in [-0.3, -0.25) is 4.79 Å². The van der Waals surface area contributed by atoms with Crippen LogP contribution in [0.2, 0.25) is 0 Å². The molecule has 0 unspecified atom stereocenters. The van der Waals surface area contributed by atoms with Crippen molar-refractivity contribution in [1.82, 2.24) is 15.2 Å². The Morgan fingerprint density at radius 2 is 2.26 bits per heavy atom. The summed E-state index contributed by atoms with van der Waals surface area (Å²) in [6.45, 7) is 3.90. The topological polar surface area (TPSA) is 45.2 Å². The standard InChI is InChI=1S/C15H22F3N3OS/c1-10(2)12-8-23-14(20-12)11-4-3-5-21(7-11)13(22)6-19-9-15(16,17)18/h8,10-11,19H,3-7,9H2,1-2H3/t11-/m1/s1. The monoisotopic (exact) mass is 349 g/mol. The second kappa shape index (κ2) is 7.61. The van der Waals surface area contributed by atoms with Gasteiger partial charge in [0.15, 0.2) is 0 Å². The minimum absolute atomic E-state index is 0.188. The van der Waals surface area contributed by atoms with E-state index in [4.69, 9.17) is 0 Å². The molecular formula is C15H22F3N3OS. The third kappa shape index (κ3) is 5.46. The van der Waals surface area contributed by atoms with Crippen LogP contribution in [0.25, 0.3) is 0 Å². The number of thiazole rings is 1. The van der Waals surface area contributed by atoms with Gasteiger partial charge in [0.1, 0.15) is 0 Å². The first kappa shape index (κ1) is 18.2. The highest BCUT2D eigenvalue weighted by Crippen LogP contribution is 2.30. The summed E-state index contributed by atoms with van der Waals surface area (Å²) in [4.78, 5) is 18.3. The maximum absolute atomic E-state index is 12.1. The third-order valence-corrected chi connectivity index (χ3v) is 4.88. The summed E-state index contributed by atoms with van der Waals surface area (Å²) in [6, 6.07) is 0. The molecule has 2 rings (SSSR count). The van der Waals surface area contributed by atoms with Crippen molar-refractivity contribution in [3.05, 3.63) is 16.1 Å². The van der Waals surface area contributed by atoms with Crippen molar-refractivity contribution in [2.24, 2.45) is 0 Å². The molecule has 0 bridgehead atoms. The Kier molecular flexibility index (Phi) is 6.02. The average Bonchev–Trinajstić information content (AvgIpc) is 2.96. The van der Waals surface area contributed by atoms with Crippen LogP contribution in [0.5, 0.6) is 0 Å². The number of halogens is 3. The van der Waals surface area contributed by atoms with Crippen molar-refractivity contribution in [1.29, 1.82) is 0 Å². The predicted molar refractivity (Wildman–Crippen MR) is 83.7 cm³/mol. The number of aromatic nitrogens is 1. The van der Waals surface area contributed by atoms with Crippen molar-refractivity contribution >= 4 is 17.2 Å². The van der Waals surface area contributed by atoms with E-state index in [9.17, 15) is 18.0 Å². The smallest absolute Gasteiger partial charge is 0.341 e. The Balaban J connectivity index is 1.88. The number of amides is 1. The quantitative estimate of drug-likeness (QED) is 0.888. The normalized spacial score (nSPS) is 19.4. The minimum atomic E-state index is -4.29. The van der Waals surface area contributed by atoms with E-state index in [0.29, 0.717) is 19.0 Å². The highest BCUT2D eigenvalue weighted by molar-refractivity contribution is 7.09. The molecule has 1 aromatic heterocycles. The van der Waals surface area contributed by atoms with Gasteiger partial charge in [0.05, 0.1) is 23.8 Å².